The van der Waals surface area contributed by atoms with E-state index in [1.54, 1.807) is 12.1 Å². The van der Waals surface area contributed by atoms with Crippen molar-refractivity contribution in [1.82, 2.24) is 5.32 Å². The Bertz CT molecular complexity index is 961. The maximum absolute atomic E-state index is 13.0. The zero-order valence-electron chi connectivity index (χ0n) is 15.7. The number of carbonyl (C=O) groups excluding carboxylic acids is 2. The van der Waals surface area contributed by atoms with Gasteiger partial charge in [0, 0.05) is 24.2 Å². The van der Waals surface area contributed by atoms with Crippen molar-refractivity contribution < 1.29 is 31.9 Å². The first kappa shape index (κ1) is 20.2. The second-order valence-electron chi connectivity index (χ2n) is 7.39. The maximum Gasteiger partial charge on any atom is 0.573 e. The Morgan fingerprint density at radius 1 is 1.13 bits per heavy atom. The summed E-state index contributed by atoms with van der Waals surface area (Å²) in [7, 11) is 0. The number of rotatable bonds is 5. The molecule has 3 unspecified atom stereocenters. The van der Waals surface area contributed by atoms with Crippen molar-refractivity contribution >= 4 is 17.5 Å². The number of nitrogens with one attached hydrogen (secondary N) is 1. The number of hydrogen-bond acceptors (Lipinski definition) is 3. The highest BCUT2D eigenvalue weighted by Crippen LogP contribution is 2.47. The second kappa shape index (κ2) is 7.62. The number of alkyl halides is 3. The molecule has 2 amide bonds. The van der Waals surface area contributed by atoms with E-state index in [4.69, 9.17) is 0 Å². The van der Waals surface area contributed by atoms with Crippen LogP contribution in [0.1, 0.15) is 24.3 Å². The molecule has 1 heterocycles. The lowest BCUT2D eigenvalue weighted by molar-refractivity contribution is -0.274. The topological polar surface area (TPSA) is 58.6 Å². The Hall–Kier alpha value is -3.10. The first-order chi connectivity index (χ1) is 14.2. The first-order valence-corrected chi connectivity index (χ1v) is 9.44. The number of benzene rings is 2. The summed E-state index contributed by atoms with van der Waals surface area (Å²) in [5.41, 5.74) is 1.14. The molecule has 2 aliphatic rings. The Kier molecular flexibility index (Phi) is 5.13. The minimum atomic E-state index is -4.82. The molecule has 0 aromatic heterocycles. The number of hydrogen-bond donors (Lipinski definition) is 1. The van der Waals surface area contributed by atoms with Crippen molar-refractivity contribution in [2.24, 2.45) is 5.92 Å². The summed E-state index contributed by atoms with van der Waals surface area (Å²) in [6.07, 6.45) is -3.85. The number of amides is 2. The number of ether oxygens (including phenoxy) is 1. The molecule has 9 heteroatoms. The molecule has 1 saturated heterocycles. The predicted molar refractivity (Wildman–Crippen MR) is 99.3 cm³/mol. The van der Waals surface area contributed by atoms with Crippen molar-refractivity contribution in [2.75, 3.05) is 11.4 Å². The Morgan fingerprint density at radius 2 is 1.87 bits per heavy atom. The van der Waals surface area contributed by atoms with Crippen molar-refractivity contribution in [3.63, 3.8) is 0 Å². The van der Waals surface area contributed by atoms with E-state index in [0.717, 1.165) is 17.7 Å². The fourth-order valence-electron chi connectivity index (χ4n) is 3.76. The zero-order chi connectivity index (χ0) is 21.5. The highest BCUT2D eigenvalue weighted by atomic mass is 19.4. The molecule has 0 bridgehead atoms. The monoisotopic (exact) mass is 422 g/mol. The fraction of sp³-hybridized carbons (Fsp3) is 0.333. The zero-order valence-corrected chi connectivity index (χ0v) is 15.7. The maximum atomic E-state index is 13.0. The molecule has 4 rings (SSSR count). The van der Waals surface area contributed by atoms with Gasteiger partial charge in [0.2, 0.25) is 11.8 Å². The third kappa shape index (κ3) is 4.39. The largest absolute Gasteiger partial charge is 0.573 e. The summed E-state index contributed by atoms with van der Waals surface area (Å²) in [6, 6.07) is 10.4. The molecule has 2 fully saturated rings. The van der Waals surface area contributed by atoms with E-state index in [0.29, 0.717) is 12.8 Å². The molecule has 1 N–H and O–H groups in total. The van der Waals surface area contributed by atoms with Gasteiger partial charge in [0.05, 0.1) is 0 Å². The smallest absolute Gasteiger partial charge is 0.406 e. The van der Waals surface area contributed by atoms with E-state index < -0.39 is 18.2 Å². The van der Waals surface area contributed by atoms with Gasteiger partial charge in [-0.15, -0.1) is 13.2 Å². The van der Waals surface area contributed by atoms with Crippen LogP contribution in [0.2, 0.25) is 0 Å². The van der Waals surface area contributed by atoms with Crippen LogP contribution < -0.4 is 15.0 Å². The van der Waals surface area contributed by atoms with Crippen molar-refractivity contribution in [1.29, 1.82) is 0 Å². The van der Waals surface area contributed by atoms with Crippen LogP contribution in [0, 0.1) is 11.7 Å². The number of halogens is 4. The van der Waals surface area contributed by atoms with Crippen molar-refractivity contribution in [2.45, 2.75) is 31.2 Å². The average Bonchev–Trinajstić information content (AvgIpc) is 3.40. The summed E-state index contributed by atoms with van der Waals surface area (Å²) in [5.74, 6) is -1.68. The fourth-order valence-corrected chi connectivity index (χ4v) is 3.76. The minimum Gasteiger partial charge on any atom is -0.406 e. The molecular formula is C21H18F4N2O3. The van der Waals surface area contributed by atoms with Gasteiger partial charge in [-0.2, -0.15) is 0 Å². The molecule has 1 saturated carbocycles. The summed E-state index contributed by atoms with van der Waals surface area (Å²) in [5, 5.41) is 2.74. The summed E-state index contributed by atoms with van der Waals surface area (Å²) in [6.45, 7) is 0.269. The Labute approximate surface area is 169 Å². The van der Waals surface area contributed by atoms with Crippen LogP contribution in [-0.4, -0.2) is 30.8 Å². The van der Waals surface area contributed by atoms with Gasteiger partial charge in [-0.05, 0) is 48.6 Å². The lowest BCUT2D eigenvalue weighted by atomic mass is 10.1. The summed E-state index contributed by atoms with van der Waals surface area (Å²) in [4.78, 5) is 26.5. The van der Waals surface area contributed by atoms with Gasteiger partial charge in [-0.1, -0.05) is 18.2 Å². The van der Waals surface area contributed by atoms with Gasteiger partial charge in [-0.25, -0.2) is 4.39 Å². The third-order valence-corrected chi connectivity index (χ3v) is 5.31. The SMILES string of the molecule is O=C(NC1CCN(c2cccc(OC(F)(F)F)c2)C1=O)C1CC1c1ccc(F)cc1. The Balaban J connectivity index is 1.36. The second-order valence-corrected chi connectivity index (χ2v) is 7.39. The van der Waals surface area contributed by atoms with Crippen LogP contribution in [0.5, 0.6) is 5.75 Å². The molecule has 2 aromatic carbocycles. The lowest BCUT2D eigenvalue weighted by Gasteiger charge is -2.18. The van der Waals surface area contributed by atoms with Crippen molar-refractivity contribution in [3.8, 4) is 5.75 Å². The number of nitrogens with zero attached hydrogens (tertiary/aromatic N) is 1. The first-order valence-electron chi connectivity index (χ1n) is 9.44. The van der Waals surface area contributed by atoms with Gasteiger partial charge in [-0.3, -0.25) is 9.59 Å². The quantitative estimate of drug-likeness (QED) is 0.747. The molecule has 1 aliphatic carbocycles. The normalized spacial score (nSPS) is 23.4. The van der Waals surface area contributed by atoms with E-state index in [2.05, 4.69) is 10.1 Å². The highest BCUT2D eigenvalue weighted by Gasteiger charge is 2.45. The van der Waals surface area contributed by atoms with Gasteiger partial charge in [0.1, 0.15) is 17.6 Å². The lowest BCUT2D eigenvalue weighted by Crippen LogP contribution is -2.42. The molecular weight excluding hydrogens is 404 g/mol. The van der Waals surface area contributed by atoms with Gasteiger partial charge in [0.25, 0.3) is 0 Å². The molecule has 1 aliphatic heterocycles. The van der Waals surface area contributed by atoms with Crippen LogP contribution in [0.3, 0.4) is 0 Å². The van der Waals surface area contributed by atoms with E-state index in [-0.39, 0.29) is 41.7 Å². The minimum absolute atomic E-state index is 0.00518. The van der Waals surface area contributed by atoms with Crippen LogP contribution >= 0.6 is 0 Å². The molecule has 5 nitrogen and oxygen atoms in total. The van der Waals surface area contributed by atoms with Crippen LogP contribution in [0.15, 0.2) is 48.5 Å². The number of carbonyl (C=O) groups is 2. The molecule has 0 radical (unpaired) electrons. The van der Waals surface area contributed by atoms with Crippen LogP contribution in [-0.2, 0) is 9.59 Å². The molecule has 3 atom stereocenters. The van der Waals surface area contributed by atoms with Gasteiger partial charge >= 0.3 is 6.36 Å². The molecule has 30 heavy (non-hydrogen) atoms. The van der Waals surface area contributed by atoms with E-state index >= 15 is 0 Å². The molecule has 2 aromatic rings. The van der Waals surface area contributed by atoms with Crippen LogP contribution in [0.4, 0.5) is 23.2 Å². The highest BCUT2D eigenvalue weighted by molar-refractivity contribution is 6.01. The summed E-state index contributed by atoms with van der Waals surface area (Å²) < 4.78 is 54.2. The Morgan fingerprint density at radius 3 is 2.57 bits per heavy atom. The van der Waals surface area contributed by atoms with Gasteiger partial charge in [0.15, 0.2) is 0 Å². The number of anilines is 1. The van der Waals surface area contributed by atoms with Gasteiger partial charge < -0.3 is 15.0 Å². The average molecular weight is 422 g/mol. The summed E-state index contributed by atoms with van der Waals surface area (Å²) >= 11 is 0. The molecule has 158 valence electrons. The van der Waals surface area contributed by atoms with E-state index in [1.807, 2.05) is 0 Å². The van der Waals surface area contributed by atoms with Crippen LogP contribution in [0.25, 0.3) is 0 Å². The van der Waals surface area contributed by atoms with Crippen molar-refractivity contribution in [3.05, 3.63) is 59.9 Å². The third-order valence-electron chi connectivity index (χ3n) is 5.31. The molecule has 0 spiro atoms. The van der Waals surface area contributed by atoms with E-state index in [1.165, 1.54) is 29.2 Å². The predicted octanol–water partition coefficient (Wildman–Crippen LogP) is 3.75. The van der Waals surface area contributed by atoms with E-state index in [9.17, 15) is 27.2 Å². The standard InChI is InChI=1S/C21H18F4N2O3/c22-13-6-4-12(5-7-13)16-11-17(16)19(28)26-18-8-9-27(20(18)29)14-2-1-3-15(10-14)30-21(23,24)25/h1-7,10,16-18H,8-9,11H2,(H,26,28).